The summed E-state index contributed by atoms with van der Waals surface area (Å²) in [6, 6.07) is 9.24. The summed E-state index contributed by atoms with van der Waals surface area (Å²) >= 11 is 1.24. The molecule has 2 bridgehead atoms. The van der Waals surface area contributed by atoms with Crippen LogP contribution in [0, 0.1) is 11.7 Å². The Hall–Kier alpha value is -2.45. The number of hydrogen-bond acceptors (Lipinski definition) is 6. The maximum absolute atomic E-state index is 14.3. The summed E-state index contributed by atoms with van der Waals surface area (Å²) in [6.45, 7) is 2.32. The van der Waals surface area contributed by atoms with Crippen LogP contribution in [-0.4, -0.2) is 49.4 Å². The quantitative estimate of drug-likeness (QED) is 0.561. The van der Waals surface area contributed by atoms with Crippen LogP contribution in [-0.2, 0) is 9.47 Å². The fourth-order valence-electron chi connectivity index (χ4n) is 3.72. The van der Waals surface area contributed by atoms with Gasteiger partial charge in [-0.05, 0) is 55.4 Å². The Morgan fingerprint density at radius 3 is 2.61 bits per heavy atom. The Labute approximate surface area is 166 Å². The van der Waals surface area contributed by atoms with Gasteiger partial charge in [-0.15, -0.1) is 11.3 Å². The summed E-state index contributed by atoms with van der Waals surface area (Å²) in [7, 11) is 0. The Bertz CT molecular complexity index is 836. The molecule has 1 aromatic carbocycles. The Morgan fingerprint density at radius 1 is 1.18 bits per heavy atom. The second-order valence-electron chi connectivity index (χ2n) is 6.98. The van der Waals surface area contributed by atoms with Gasteiger partial charge >= 0.3 is 12.1 Å². The van der Waals surface area contributed by atoms with E-state index in [4.69, 9.17) is 9.47 Å². The van der Waals surface area contributed by atoms with E-state index in [1.54, 1.807) is 23.6 Å². The summed E-state index contributed by atoms with van der Waals surface area (Å²) in [4.78, 5) is 28.7. The molecular formula is C20H21FN2O4S. The van der Waals surface area contributed by atoms with E-state index in [0.29, 0.717) is 17.3 Å². The number of benzene rings is 1. The predicted octanol–water partition coefficient (Wildman–Crippen LogP) is 3.74. The van der Waals surface area contributed by atoms with Crippen LogP contribution in [0.5, 0.6) is 0 Å². The molecule has 2 aromatic rings. The molecule has 8 heteroatoms. The average molecular weight is 404 g/mol. The Kier molecular flexibility index (Phi) is 5.59. The normalized spacial score (nSPS) is 23.2. The highest BCUT2D eigenvalue weighted by Gasteiger charge is 2.37. The van der Waals surface area contributed by atoms with Crippen molar-refractivity contribution in [3.8, 4) is 0 Å². The van der Waals surface area contributed by atoms with Crippen LogP contribution in [0.25, 0.3) is 0 Å². The van der Waals surface area contributed by atoms with Gasteiger partial charge in [0.1, 0.15) is 16.8 Å². The largest absolute Gasteiger partial charge is 0.444 e. The van der Waals surface area contributed by atoms with Crippen molar-refractivity contribution < 1.29 is 23.5 Å². The van der Waals surface area contributed by atoms with Crippen molar-refractivity contribution in [3.05, 3.63) is 52.5 Å². The first kappa shape index (κ1) is 18.9. The number of amides is 1. The van der Waals surface area contributed by atoms with E-state index in [9.17, 15) is 14.0 Å². The van der Waals surface area contributed by atoms with Crippen LogP contribution < -0.4 is 4.90 Å². The van der Waals surface area contributed by atoms with E-state index in [1.165, 1.54) is 29.5 Å². The van der Waals surface area contributed by atoms with Gasteiger partial charge in [-0.2, -0.15) is 0 Å². The van der Waals surface area contributed by atoms with Crippen molar-refractivity contribution in [2.24, 2.45) is 5.92 Å². The minimum atomic E-state index is -0.706. The van der Waals surface area contributed by atoms with E-state index in [2.05, 4.69) is 4.90 Å². The molecule has 148 valence electrons. The first-order chi connectivity index (χ1) is 13.6. The van der Waals surface area contributed by atoms with Crippen LogP contribution in [0.4, 0.5) is 14.9 Å². The van der Waals surface area contributed by atoms with Gasteiger partial charge in [-0.25, -0.2) is 18.9 Å². The molecule has 0 N–H and O–H groups in total. The lowest BCUT2D eigenvalue weighted by Crippen LogP contribution is -2.53. The minimum absolute atomic E-state index is 0.0211. The van der Waals surface area contributed by atoms with Crippen molar-refractivity contribution in [2.45, 2.75) is 18.9 Å². The topological polar surface area (TPSA) is 59.1 Å². The van der Waals surface area contributed by atoms with Gasteiger partial charge in [0.05, 0.1) is 5.69 Å². The second kappa shape index (κ2) is 8.28. The first-order valence-electron chi connectivity index (χ1n) is 9.27. The van der Waals surface area contributed by atoms with Gasteiger partial charge in [-0.1, -0.05) is 18.2 Å². The molecule has 28 heavy (non-hydrogen) atoms. The predicted molar refractivity (Wildman–Crippen MR) is 103 cm³/mol. The zero-order chi connectivity index (χ0) is 19.5. The SMILES string of the molecule is O=C(OCN(C(=O)O[C@H]1CN2CCC1CC2)c1ccccc1F)c1cccs1. The molecular weight excluding hydrogens is 383 g/mol. The number of ether oxygens (including phenoxy) is 2. The third-order valence-electron chi connectivity index (χ3n) is 5.26. The number of piperidine rings is 3. The Balaban J connectivity index is 1.48. The zero-order valence-electron chi connectivity index (χ0n) is 15.3. The molecule has 4 heterocycles. The van der Waals surface area contributed by atoms with Gasteiger partial charge in [-0.3, -0.25) is 4.90 Å². The maximum atomic E-state index is 14.3. The summed E-state index contributed by atoms with van der Waals surface area (Å²) in [5.74, 6) is -0.822. The van der Waals surface area contributed by atoms with Crippen LogP contribution in [0.3, 0.4) is 0 Å². The molecule has 0 radical (unpaired) electrons. The number of carbonyl (C=O) groups excluding carboxylic acids is 2. The van der Waals surface area contributed by atoms with Crippen LogP contribution in [0.2, 0.25) is 0 Å². The molecule has 0 spiro atoms. The van der Waals surface area contributed by atoms with E-state index in [0.717, 1.165) is 30.8 Å². The molecule has 6 nitrogen and oxygen atoms in total. The number of carbonyl (C=O) groups is 2. The van der Waals surface area contributed by atoms with Crippen molar-refractivity contribution in [1.82, 2.24) is 4.90 Å². The highest BCUT2D eigenvalue weighted by molar-refractivity contribution is 7.11. The van der Waals surface area contributed by atoms with Crippen molar-refractivity contribution in [3.63, 3.8) is 0 Å². The van der Waals surface area contributed by atoms with E-state index < -0.39 is 24.6 Å². The minimum Gasteiger partial charge on any atom is -0.444 e. The lowest BCUT2D eigenvalue weighted by molar-refractivity contribution is -0.0322. The standard InChI is InChI=1S/C20H21FN2O4S/c21-15-4-1-2-5-16(15)23(13-26-19(24)18-6-3-11-28-18)20(25)27-17-12-22-9-7-14(17)8-10-22/h1-6,11,14,17H,7-10,12-13H2/t17-/m0/s1. The average Bonchev–Trinajstić information content (AvgIpc) is 3.25. The van der Waals surface area contributed by atoms with Gasteiger partial charge in [0.15, 0.2) is 6.73 Å². The highest BCUT2D eigenvalue weighted by Crippen LogP contribution is 2.30. The number of nitrogens with zero attached hydrogens (tertiary/aromatic N) is 2. The monoisotopic (exact) mass is 404 g/mol. The summed E-state index contributed by atoms with van der Waals surface area (Å²) < 4.78 is 25.3. The highest BCUT2D eigenvalue weighted by atomic mass is 32.1. The molecule has 5 rings (SSSR count). The maximum Gasteiger partial charge on any atom is 0.417 e. The van der Waals surface area contributed by atoms with E-state index in [-0.39, 0.29) is 11.8 Å². The number of esters is 1. The first-order valence-corrected chi connectivity index (χ1v) is 10.2. The van der Waals surface area contributed by atoms with Crippen LogP contribution in [0.1, 0.15) is 22.5 Å². The third-order valence-corrected chi connectivity index (χ3v) is 6.11. The zero-order valence-corrected chi connectivity index (χ0v) is 16.1. The molecule has 3 saturated heterocycles. The van der Waals surface area contributed by atoms with E-state index >= 15 is 0 Å². The van der Waals surface area contributed by atoms with Gasteiger partial charge < -0.3 is 9.47 Å². The number of rotatable bonds is 5. The molecule has 0 unspecified atom stereocenters. The molecule has 3 aliphatic rings. The number of anilines is 1. The van der Waals surface area contributed by atoms with E-state index in [1.807, 2.05) is 0 Å². The Morgan fingerprint density at radius 2 is 1.96 bits per heavy atom. The lowest BCUT2D eigenvalue weighted by Gasteiger charge is -2.44. The molecule has 3 fully saturated rings. The summed E-state index contributed by atoms with van der Waals surface area (Å²) in [5.41, 5.74) is 0.0211. The summed E-state index contributed by atoms with van der Waals surface area (Å²) in [6.07, 6.45) is 1.05. The smallest absolute Gasteiger partial charge is 0.417 e. The van der Waals surface area contributed by atoms with Crippen LogP contribution >= 0.6 is 11.3 Å². The fourth-order valence-corrected chi connectivity index (χ4v) is 4.33. The lowest BCUT2D eigenvalue weighted by atomic mass is 9.86. The third kappa shape index (κ3) is 4.02. The number of para-hydroxylation sites is 1. The van der Waals surface area contributed by atoms with Gasteiger partial charge in [0, 0.05) is 6.54 Å². The second-order valence-corrected chi connectivity index (χ2v) is 7.93. The van der Waals surface area contributed by atoms with Crippen LogP contribution in [0.15, 0.2) is 41.8 Å². The van der Waals surface area contributed by atoms with Gasteiger partial charge in [0.25, 0.3) is 0 Å². The summed E-state index contributed by atoms with van der Waals surface area (Å²) in [5, 5.41) is 1.76. The molecule has 1 aromatic heterocycles. The fraction of sp³-hybridized carbons (Fsp3) is 0.400. The van der Waals surface area contributed by atoms with Crippen molar-refractivity contribution in [1.29, 1.82) is 0 Å². The van der Waals surface area contributed by atoms with Crippen molar-refractivity contribution in [2.75, 3.05) is 31.3 Å². The number of hydrogen-bond donors (Lipinski definition) is 0. The molecule has 1 amide bonds. The number of thiophene rings is 1. The molecule has 3 aliphatic heterocycles. The number of fused-ring (bicyclic) bond motifs is 3. The number of halogens is 1. The molecule has 0 aliphatic carbocycles. The van der Waals surface area contributed by atoms with Crippen molar-refractivity contribution >= 4 is 29.1 Å². The van der Waals surface area contributed by atoms with Gasteiger partial charge in [0.2, 0.25) is 0 Å². The molecule has 1 atom stereocenters. The molecule has 0 saturated carbocycles.